The molecule has 1 atom stereocenters. The molecule has 1 unspecified atom stereocenters. The van der Waals surface area contributed by atoms with E-state index in [9.17, 15) is 18.0 Å². The number of nitrogens with zero attached hydrogens (tertiary/aromatic N) is 2. The molecule has 0 aromatic carbocycles. The summed E-state index contributed by atoms with van der Waals surface area (Å²) >= 11 is 5.81. The van der Waals surface area contributed by atoms with Crippen LogP contribution in [0.1, 0.15) is 18.4 Å². The van der Waals surface area contributed by atoms with Crippen LogP contribution in [0.5, 0.6) is 0 Å². The zero-order valence-corrected chi connectivity index (χ0v) is 11.4. The van der Waals surface area contributed by atoms with Crippen molar-refractivity contribution in [1.29, 1.82) is 0 Å². The fraction of sp³-hybridized carbons (Fsp3) is 0.500. The molecule has 0 aliphatic carbocycles. The van der Waals surface area contributed by atoms with Gasteiger partial charge < -0.3 is 10.2 Å². The summed E-state index contributed by atoms with van der Waals surface area (Å²) < 4.78 is 37.5. The van der Waals surface area contributed by atoms with Gasteiger partial charge in [-0.3, -0.25) is 4.79 Å². The van der Waals surface area contributed by atoms with E-state index in [2.05, 4.69) is 10.3 Å². The largest absolute Gasteiger partial charge is 0.417 e. The van der Waals surface area contributed by atoms with Gasteiger partial charge in [0.25, 0.3) is 0 Å². The number of nitrogens with one attached hydrogen (secondary N) is 1. The van der Waals surface area contributed by atoms with Crippen LogP contribution in [-0.2, 0) is 11.0 Å². The van der Waals surface area contributed by atoms with Crippen molar-refractivity contribution in [2.24, 2.45) is 0 Å². The standard InChI is InChI=1S/C12H13ClF3N3O/c1-19-6-8(2-3-10(19)20)18-11-9(13)4-7(5-17-11)12(14,15)16/h4-5,8H,2-3,6H2,1H3,(H,17,18). The molecular weight excluding hydrogens is 295 g/mol. The average Bonchev–Trinajstić information content (AvgIpc) is 2.35. The molecule has 1 fully saturated rings. The van der Waals surface area contributed by atoms with Crippen LogP contribution >= 0.6 is 11.6 Å². The van der Waals surface area contributed by atoms with Crippen molar-refractivity contribution in [3.8, 4) is 0 Å². The van der Waals surface area contributed by atoms with E-state index in [0.717, 1.165) is 12.3 Å². The molecule has 20 heavy (non-hydrogen) atoms. The molecule has 0 spiro atoms. The highest BCUT2D eigenvalue weighted by atomic mass is 35.5. The molecule has 4 nitrogen and oxygen atoms in total. The summed E-state index contributed by atoms with van der Waals surface area (Å²) in [6.07, 6.45) is -2.73. The lowest BCUT2D eigenvalue weighted by atomic mass is 10.1. The highest BCUT2D eigenvalue weighted by Gasteiger charge is 2.32. The minimum atomic E-state index is -4.47. The van der Waals surface area contributed by atoms with E-state index in [4.69, 9.17) is 11.6 Å². The average molecular weight is 308 g/mol. The minimum Gasteiger partial charge on any atom is -0.364 e. The first-order chi connectivity index (χ1) is 9.27. The first-order valence-electron chi connectivity index (χ1n) is 6.00. The van der Waals surface area contributed by atoms with Gasteiger partial charge in [-0.05, 0) is 12.5 Å². The Kier molecular flexibility index (Phi) is 4.08. The number of hydrogen-bond donors (Lipinski definition) is 1. The molecule has 0 bridgehead atoms. The van der Waals surface area contributed by atoms with Crippen LogP contribution in [0.2, 0.25) is 5.02 Å². The van der Waals surface area contributed by atoms with Crippen LogP contribution in [0, 0.1) is 0 Å². The number of hydrogen-bond acceptors (Lipinski definition) is 3. The monoisotopic (exact) mass is 307 g/mol. The van der Waals surface area contributed by atoms with E-state index >= 15 is 0 Å². The third kappa shape index (κ3) is 3.33. The van der Waals surface area contributed by atoms with E-state index < -0.39 is 11.7 Å². The Morgan fingerprint density at radius 3 is 2.75 bits per heavy atom. The minimum absolute atomic E-state index is 0.0505. The van der Waals surface area contributed by atoms with Crippen LogP contribution in [0.3, 0.4) is 0 Å². The van der Waals surface area contributed by atoms with E-state index in [1.54, 1.807) is 11.9 Å². The molecule has 2 heterocycles. The number of likely N-dealkylation sites (N-methyl/N-ethyl adjacent to an activating group) is 1. The van der Waals surface area contributed by atoms with Gasteiger partial charge in [0.2, 0.25) is 5.91 Å². The summed E-state index contributed by atoms with van der Waals surface area (Å²) in [6, 6.07) is 0.772. The Labute approximate surface area is 118 Å². The highest BCUT2D eigenvalue weighted by molar-refractivity contribution is 6.33. The molecule has 1 amide bonds. The van der Waals surface area contributed by atoms with Gasteiger partial charge >= 0.3 is 6.18 Å². The first kappa shape index (κ1) is 14.9. The number of carbonyl (C=O) groups is 1. The second kappa shape index (κ2) is 5.47. The lowest BCUT2D eigenvalue weighted by Crippen LogP contribution is -2.43. The number of aromatic nitrogens is 1. The molecule has 0 saturated carbocycles. The number of rotatable bonds is 2. The van der Waals surface area contributed by atoms with Gasteiger partial charge in [0.15, 0.2) is 0 Å². The van der Waals surface area contributed by atoms with Gasteiger partial charge in [0, 0.05) is 32.3 Å². The Morgan fingerprint density at radius 1 is 1.50 bits per heavy atom. The van der Waals surface area contributed by atoms with E-state index in [1.807, 2.05) is 0 Å². The molecule has 1 aromatic heterocycles. The van der Waals surface area contributed by atoms with Crippen LogP contribution in [-0.4, -0.2) is 35.4 Å². The third-order valence-corrected chi connectivity index (χ3v) is 3.42. The van der Waals surface area contributed by atoms with Crippen molar-refractivity contribution in [3.05, 3.63) is 22.8 Å². The topological polar surface area (TPSA) is 45.2 Å². The van der Waals surface area contributed by atoms with Gasteiger partial charge in [0.1, 0.15) is 5.82 Å². The number of piperidine rings is 1. The van der Waals surface area contributed by atoms with Gasteiger partial charge in [-0.1, -0.05) is 11.6 Å². The van der Waals surface area contributed by atoms with Crippen LogP contribution in [0.25, 0.3) is 0 Å². The number of carbonyl (C=O) groups excluding carboxylic acids is 1. The summed E-state index contributed by atoms with van der Waals surface area (Å²) in [7, 11) is 1.68. The second-order valence-electron chi connectivity index (χ2n) is 4.71. The molecule has 1 saturated heterocycles. The predicted molar refractivity (Wildman–Crippen MR) is 68.5 cm³/mol. The number of halogens is 4. The first-order valence-corrected chi connectivity index (χ1v) is 6.38. The Hall–Kier alpha value is -1.50. The number of amides is 1. The van der Waals surface area contributed by atoms with Crippen molar-refractivity contribution in [3.63, 3.8) is 0 Å². The lowest BCUT2D eigenvalue weighted by molar-refractivity contribution is -0.137. The Morgan fingerprint density at radius 2 is 2.20 bits per heavy atom. The van der Waals surface area contributed by atoms with Crippen LogP contribution in [0.4, 0.5) is 19.0 Å². The number of likely N-dealkylation sites (tertiary alicyclic amines) is 1. The number of anilines is 1. The van der Waals surface area contributed by atoms with Crippen molar-refractivity contribution >= 4 is 23.3 Å². The van der Waals surface area contributed by atoms with Crippen molar-refractivity contribution in [1.82, 2.24) is 9.88 Å². The Balaban J connectivity index is 2.09. The molecule has 0 radical (unpaired) electrons. The molecule has 1 aromatic rings. The van der Waals surface area contributed by atoms with Gasteiger partial charge in [-0.2, -0.15) is 13.2 Å². The molecule has 1 aliphatic heterocycles. The summed E-state index contributed by atoms with van der Waals surface area (Å²) in [6.45, 7) is 0.470. The number of pyridine rings is 1. The molecule has 110 valence electrons. The molecular formula is C12H13ClF3N3O. The molecule has 8 heteroatoms. The van der Waals surface area contributed by atoms with Gasteiger partial charge in [0.05, 0.1) is 10.6 Å². The highest BCUT2D eigenvalue weighted by Crippen LogP contribution is 2.32. The Bertz CT molecular complexity index is 521. The fourth-order valence-corrected chi connectivity index (χ4v) is 2.24. The zero-order chi connectivity index (χ0) is 14.9. The van der Waals surface area contributed by atoms with Crippen LogP contribution in [0.15, 0.2) is 12.3 Å². The third-order valence-electron chi connectivity index (χ3n) is 3.14. The van der Waals surface area contributed by atoms with Gasteiger partial charge in [-0.25, -0.2) is 4.98 Å². The maximum absolute atomic E-state index is 12.5. The summed E-state index contributed by atoms with van der Waals surface area (Å²) in [5, 5.41) is 2.89. The quantitative estimate of drug-likeness (QED) is 0.914. The van der Waals surface area contributed by atoms with Crippen molar-refractivity contribution in [2.45, 2.75) is 25.1 Å². The summed E-state index contributed by atoms with van der Waals surface area (Å²) in [5.74, 6) is 0.252. The number of alkyl halides is 3. The summed E-state index contributed by atoms with van der Waals surface area (Å²) in [5.41, 5.74) is -0.885. The smallest absolute Gasteiger partial charge is 0.364 e. The van der Waals surface area contributed by atoms with Crippen molar-refractivity contribution < 1.29 is 18.0 Å². The lowest BCUT2D eigenvalue weighted by Gasteiger charge is -2.30. The normalized spacial score (nSPS) is 20.1. The second-order valence-corrected chi connectivity index (χ2v) is 5.11. The fourth-order valence-electron chi connectivity index (χ4n) is 2.02. The molecule has 1 aliphatic rings. The van der Waals surface area contributed by atoms with Crippen LogP contribution < -0.4 is 5.32 Å². The van der Waals surface area contributed by atoms with E-state index in [-0.39, 0.29) is 22.8 Å². The maximum atomic E-state index is 12.5. The van der Waals surface area contributed by atoms with Gasteiger partial charge in [-0.15, -0.1) is 0 Å². The van der Waals surface area contributed by atoms with E-state index in [0.29, 0.717) is 19.4 Å². The molecule has 1 N–H and O–H groups in total. The van der Waals surface area contributed by atoms with Crippen molar-refractivity contribution in [2.75, 3.05) is 18.9 Å². The predicted octanol–water partition coefficient (Wildman–Crippen LogP) is 2.79. The SMILES string of the molecule is CN1CC(Nc2ncc(C(F)(F)F)cc2Cl)CCC1=O. The maximum Gasteiger partial charge on any atom is 0.417 e. The van der Waals surface area contributed by atoms with E-state index in [1.165, 1.54) is 0 Å². The molecule has 2 rings (SSSR count). The zero-order valence-electron chi connectivity index (χ0n) is 10.7. The summed E-state index contributed by atoms with van der Waals surface area (Å²) in [4.78, 5) is 16.6.